The standard InChI is InChI=1S/C13H20N2O4/c1-18-9-10-14-11(19-15-10)7-13(8-12(16)17)5-3-2-4-6-13/h2-9H2,1H3,(H,16,17). The molecule has 19 heavy (non-hydrogen) atoms. The number of nitrogens with zero attached hydrogens (tertiary/aromatic N) is 2. The highest BCUT2D eigenvalue weighted by Crippen LogP contribution is 2.41. The van der Waals surface area contributed by atoms with Gasteiger partial charge in [-0.15, -0.1) is 0 Å². The molecular formula is C13H20N2O4. The number of aromatic nitrogens is 2. The zero-order valence-corrected chi connectivity index (χ0v) is 11.2. The Balaban J connectivity index is 2.07. The summed E-state index contributed by atoms with van der Waals surface area (Å²) < 4.78 is 10.1. The van der Waals surface area contributed by atoms with Gasteiger partial charge in [-0.3, -0.25) is 4.79 Å². The van der Waals surface area contributed by atoms with E-state index < -0.39 is 5.97 Å². The summed E-state index contributed by atoms with van der Waals surface area (Å²) in [5, 5.41) is 12.9. The maximum atomic E-state index is 11.1. The lowest BCUT2D eigenvalue weighted by atomic mass is 9.69. The minimum atomic E-state index is -0.751. The SMILES string of the molecule is COCc1noc(CC2(CC(=O)O)CCCCC2)n1. The van der Waals surface area contributed by atoms with Crippen molar-refractivity contribution in [3.05, 3.63) is 11.7 Å². The van der Waals surface area contributed by atoms with Crippen LogP contribution in [0.5, 0.6) is 0 Å². The number of ether oxygens (including phenoxy) is 1. The number of rotatable bonds is 6. The Kier molecular flexibility index (Phi) is 4.52. The first kappa shape index (κ1) is 14.0. The predicted octanol–water partition coefficient (Wildman–Crippen LogP) is 2.18. The highest BCUT2D eigenvalue weighted by Gasteiger charge is 2.36. The zero-order valence-electron chi connectivity index (χ0n) is 11.2. The molecule has 1 N–H and O–H groups in total. The fourth-order valence-electron chi connectivity index (χ4n) is 2.91. The van der Waals surface area contributed by atoms with Crippen molar-refractivity contribution in [2.24, 2.45) is 5.41 Å². The normalized spacial score (nSPS) is 18.4. The van der Waals surface area contributed by atoms with Crippen molar-refractivity contribution in [1.82, 2.24) is 10.1 Å². The molecule has 0 aliphatic heterocycles. The third kappa shape index (κ3) is 3.76. The van der Waals surface area contributed by atoms with Gasteiger partial charge in [0.25, 0.3) is 0 Å². The molecular weight excluding hydrogens is 248 g/mol. The zero-order chi connectivity index (χ0) is 13.7. The van der Waals surface area contributed by atoms with E-state index in [2.05, 4.69) is 10.1 Å². The summed E-state index contributed by atoms with van der Waals surface area (Å²) in [6.45, 7) is 0.315. The summed E-state index contributed by atoms with van der Waals surface area (Å²) in [5.74, 6) is 0.285. The summed E-state index contributed by atoms with van der Waals surface area (Å²) in [6.07, 6.45) is 5.90. The molecule has 106 valence electrons. The summed E-state index contributed by atoms with van der Waals surface area (Å²) in [5.41, 5.74) is -0.221. The first-order valence-corrected chi connectivity index (χ1v) is 6.66. The summed E-state index contributed by atoms with van der Waals surface area (Å²) in [6, 6.07) is 0. The smallest absolute Gasteiger partial charge is 0.303 e. The quantitative estimate of drug-likeness (QED) is 0.851. The lowest BCUT2D eigenvalue weighted by Crippen LogP contribution is -2.29. The predicted molar refractivity (Wildman–Crippen MR) is 66.5 cm³/mol. The van der Waals surface area contributed by atoms with Crippen LogP contribution in [0.25, 0.3) is 0 Å². The number of carbonyl (C=O) groups is 1. The fraction of sp³-hybridized carbons (Fsp3) is 0.769. The topological polar surface area (TPSA) is 85.5 Å². The van der Waals surface area contributed by atoms with Crippen LogP contribution in [-0.4, -0.2) is 28.3 Å². The molecule has 0 spiro atoms. The third-order valence-electron chi connectivity index (χ3n) is 3.75. The Bertz CT molecular complexity index is 424. The minimum Gasteiger partial charge on any atom is -0.481 e. The minimum absolute atomic E-state index is 0.176. The highest BCUT2D eigenvalue weighted by atomic mass is 16.5. The van der Waals surface area contributed by atoms with Gasteiger partial charge in [-0.25, -0.2) is 0 Å². The largest absolute Gasteiger partial charge is 0.481 e. The van der Waals surface area contributed by atoms with Gasteiger partial charge in [-0.1, -0.05) is 24.4 Å². The summed E-state index contributed by atoms with van der Waals surface area (Å²) in [7, 11) is 1.57. The molecule has 1 aliphatic rings. The van der Waals surface area contributed by atoms with Crippen molar-refractivity contribution in [3.63, 3.8) is 0 Å². The van der Waals surface area contributed by atoms with Crippen LogP contribution in [0, 0.1) is 5.41 Å². The Morgan fingerprint density at radius 3 is 2.79 bits per heavy atom. The van der Waals surface area contributed by atoms with E-state index in [0.29, 0.717) is 24.7 Å². The first-order chi connectivity index (χ1) is 9.13. The Hall–Kier alpha value is -1.43. The van der Waals surface area contributed by atoms with Crippen LogP contribution >= 0.6 is 0 Å². The molecule has 0 radical (unpaired) electrons. The van der Waals surface area contributed by atoms with E-state index in [4.69, 9.17) is 14.4 Å². The van der Waals surface area contributed by atoms with E-state index in [1.165, 1.54) is 6.42 Å². The van der Waals surface area contributed by atoms with Gasteiger partial charge in [0.15, 0.2) is 5.82 Å². The maximum absolute atomic E-state index is 11.1. The number of carboxylic acids is 1. The molecule has 1 aliphatic carbocycles. The van der Waals surface area contributed by atoms with Crippen LogP contribution in [0.15, 0.2) is 4.52 Å². The van der Waals surface area contributed by atoms with Gasteiger partial charge in [-0.05, 0) is 18.3 Å². The van der Waals surface area contributed by atoms with Crippen LogP contribution in [0.1, 0.15) is 50.2 Å². The third-order valence-corrected chi connectivity index (χ3v) is 3.75. The Labute approximate surface area is 112 Å². The second-order valence-electron chi connectivity index (χ2n) is 5.35. The van der Waals surface area contributed by atoms with Gasteiger partial charge in [0, 0.05) is 13.5 Å². The van der Waals surface area contributed by atoms with Gasteiger partial charge in [0.2, 0.25) is 5.89 Å². The molecule has 0 bridgehead atoms. The molecule has 0 saturated heterocycles. The molecule has 0 aromatic carbocycles. The second-order valence-corrected chi connectivity index (χ2v) is 5.35. The number of hydrogen-bond donors (Lipinski definition) is 1. The molecule has 1 heterocycles. The number of methoxy groups -OCH3 is 1. The Morgan fingerprint density at radius 2 is 2.16 bits per heavy atom. The second kappa shape index (κ2) is 6.14. The highest BCUT2D eigenvalue weighted by molar-refractivity contribution is 5.67. The monoisotopic (exact) mass is 268 g/mol. The van der Waals surface area contributed by atoms with Gasteiger partial charge < -0.3 is 14.4 Å². The maximum Gasteiger partial charge on any atom is 0.303 e. The van der Waals surface area contributed by atoms with Gasteiger partial charge in [-0.2, -0.15) is 4.98 Å². The average molecular weight is 268 g/mol. The first-order valence-electron chi connectivity index (χ1n) is 6.66. The van der Waals surface area contributed by atoms with Crippen molar-refractivity contribution in [1.29, 1.82) is 0 Å². The Morgan fingerprint density at radius 1 is 1.42 bits per heavy atom. The van der Waals surface area contributed by atoms with Gasteiger partial charge in [0.1, 0.15) is 6.61 Å². The molecule has 1 aromatic heterocycles. The fourth-order valence-corrected chi connectivity index (χ4v) is 2.91. The van der Waals surface area contributed by atoms with E-state index in [1.807, 2.05) is 0 Å². The van der Waals surface area contributed by atoms with Crippen LogP contribution in [0.3, 0.4) is 0 Å². The lowest BCUT2D eigenvalue weighted by molar-refractivity contribution is -0.140. The molecule has 6 heteroatoms. The van der Waals surface area contributed by atoms with Crippen molar-refractivity contribution in [2.75, 3.05) is 7.11 Å². The molecule has 1 saturated carbocycles. The number of carboxylic acid groups (broad SMARTS) is 1. The molecule has 0 amide bonds. The molecule has 1 aromatic rings. The summed E-state index contributed by atoms with van der Waals surface area (Å²) in [4.78, 5) is 15.3. The number of aliphatic carboxylic acids is 1. The van der Waals surface area contributed by atoms with E-state index >= 15 is 0 Å². The van der Waals surface area contributed by atoms with E-state index in [0.717, 1.165) is 25.7 Å². The molecule has 0 unspecified atom stereocenters. The van der Waals surface area contributed by atoms with Gasteiger partial charge >= 0.3 is 5.97 Å². The van der Waals surface area contributed by atoms with Crippen molar-refractivity contribution >= 4 is 5.97 Å². The lowest BCUT2D eigenvalue weighted by Gasteiger charge is -2.34. The van der Waals surface area contributed by atoms with E-state index in [1.54, 1.807) is 7.11 Å². The summed E-state index contributed by atoms with van der Waals surface area (Å²) >= 11 is 0. The molecule has 1 fully saturated rings. The van der Waals surface area contributed by atoms with Crippen LogP contribution in [0.4, 0.5) is 0 Å². The van der Waals surface area contributed by atoms with Gasteiger partial charge in [0.05, 0.1) is 6.42 Å². The molecule has 2 rings (SSSR count). The molecule has 0 atom stereocenters. The molecule has 6 nitrogen and oxygen atoms in total. The van der Waals surface area contributed by atoms with Crippen molar-refractivity contribution < 1.29 is 19.2 Å². The average Bonchev–Trinajstić information content (AvgIpc) is 2.77. The van der Waals surface area contributed by atoms with E-state index in [9.17, 15) is 4.79 Å². The van der Waals surface area contributed by atoms with Crippen LogP contribution < -0.4 is 0 Å². The van der Waals surface area contributed by atoms with E-state index in [-0.39, 0.29) is 11.8 Å². The van der Waals surface area contributed by atoms with Crippen LogP contribution in [0.2, 0.25) is 0 Å². The van der Waals surface area contributed by atoms with Crippen molar-refractivity contribution in [2.45, 2.75) is 51.6 Å². The van der Waals surface area contributed by atoms with Crippen LogP contribution in [-0.2, 0) is 22.6 Å². The number of hydrogen-bond acceptors (Lipinski definition) is 5. The van der Waals surface area contributed by atoms with Crippen molar-refractivity contribution in [3.8, 4) is 0 Å².